The molecule has 0 aliphatic carbocycles. The number of methoxy groups -OCH3 is 3. The van der Waals surface area contributed by atoms with Crippen LogP contribution in [0.4, 0.5) is 0 Å². The number of nitrogens with one attached hydrogen (secondary N) is 1. The number of benzene rings is 2. The van der Waals surface area contributed by atoms with Crippen LogP contribution in [0.25, 0.3) is 0 Å². The van der Waals surface area contributed by atoms with Gasteiger partial charge in [-0.15, -0.1) is 0 Å². The first-order chi connectivity index (χ1) is 12.8. The Hall–Kier alpha value is -2.89. The molecule has 6 nitrogen and oxygen atoms in total. The minimum atomic E-state index is -0.413. The van der Waals surface area contributed by atoms with E-state index in [2.05, 4.69) is 5.32 Å². The number of carbonyl (C=O) groups is 1. The van der Waals surface area contributed by atoms with Crippen LogP contribution in [0.2, 0.25) is 0 Å². The zero-order chi connectivity index (χ0) is 19.6. The van der Waals surface area contributed by atoms with E-state index in [9.17, 15) is 4.79 Å². The summed E-state index contributed by atoms with van der Waals surface area (Å²) in [5, 5.41) is 3.12. The molecular weight excluding hydrogens is 346 g/mol. The van der Waals surface area contributed by atoms with Crippen molar-refractivity contribution in [3.8, 4) is 23.0 Å². The molecule has 0 saturated heterocycles. The van der Waals surface area contributed by atoms with Gasteiger partial charge in [0, 0.05) is 29.7 Å². The first-order valence-electron chi connectivity index (χ1n) is 8.76. The standard InChI is InChI=1S/C21H25NO5/c1-21(2)12-18(17-7-6-14(24-3)11-19(17)27-21)22-20(23)13-8-15(25-4)10-16(9-13)26-5/h6-11,18H,12H2,1-5H3,(H,22,23). The van der Waals surface area contributed by atoms with Crippen molar-refractivity contribution in [1.82, 2.24) is 5.32 Å². The fourth-order valence-corrected chi connectivity index (χ4v) is 3.27. The monoisotopic (exact) mass is 371 g/mol. The predicted molar refractivity (Wildman–Crippen MR) is 102 cm³/mol. The normalized spacial score (nSPS) is 17.3. The van der Waals surface area contributed by atoms with Gasteiger partial charge in [-0.2, -0.15) is 0 Å². The Morgan fingerprint density at radius 3 is 2.22 bits per heavy atom. The van der Waals surface area contributed by atoms with E-state index in [1.165, 1.54) is 0 Å². The molecule has 144 valence electrons. The van der Waals surface area contributed by atoms with E-state index in [1.54, 1.807) is 39.5 Å². The highest BCUT2D eigenvalue weighted by Crippen LogP contribution is 2.41. The second kappa shape index (κ2) is 7.39. The van der Waals surface area contributed by atoms with E-state index in [0.717, 1.165) is 11.3 Å². The van der Waals surface area contributed by atoms with Crippen LogP contribution in [0, 0.1) is 0 Å². The van der Waals surface area contributed by atoms with Gasteiger partial charge >= 0.3 is 0 Å². The van der Waals surface area contributed by atoms with Gasteiger partial charge in [-0.05, 0) is 38.1 Å². The van der Waals surface area contributed by atoms with Gasteiger partial charge in [0.05, 0.1) is 27.4 Å². The van der Waals surface area contributed by atoms with E-state index in [0.29, 0.717) is 29.2 Å². The van der Waals surface area contributed by atoms with Crippen LogP contribution in [0.15, 0.2) is 36.4 Å². The molecule has 1 atom stereocenters. The first kappa shape index (κ1) is 18.9. The first-order valence-corrected chi connectivity index (χ1v) is 8.76. The molecule has 1 N–H and O–H groups in total. The largest absolute Gasteiger partial charge is 0.497 e. The molecule has 0 spiro atoms. The lowest BCUT2D eigenvalue weighted by Crippen LogP contribution is -2.41. The summed E-state index contributed by atoms with van der Waals surface area (Å²) in [6.45, 7) is 4.01. The molecule has 0 saturated carbocycles. The number of fused-ring (bicyclic) bond motifs is 1. The third kappa shape index (κ3) is 4.10. The lowest BCUT2D eigenvalue weighted by atomic mass is 9.89. The number of rotatable bonds is 5. The van der Waals surface area contributed by atoms with Crippen LogP contribution in [-0.2, 0) is 0 Å². The highest BCUT2D eigenvalue weighted by atomic mass is 16.5. The number of hydrogen-bond acceptors (Lipinski definition) is 5. The third-order valence-electron chi connectivity index (χ3n) is 4.60. The molecule has 2 aromatic rings. The summed E-state index contributed by atoms with van der Waals surface area (Å²) in [6.07, 6.45) is 0.652. The quantitative estimate of drug-likeness (QED) is 0.867. The fraction of sp³-hybridized carbons (Fsp3) is 0.381. The lowest BCUT2D eigenvalue weighted by molar-refractivity contribution is 0.0617. The van der Waals surface area contributed by atoms with Crippen molar-refractivity contribution in [3.63, 3.8) is 0 Å². The molecule has 1 amide bonds. The Bertz CT molecular complexity index is 824. The molecule has 0 aromatic heterocycles. The van der Waals surface area contributed by atoms with Gasteiger partial charge in [0.25, 0.3) is 5.91 Å². The van der Waals surface area contributed by atoms with Gasteiger partial charge in [-0.3, -0.25) is 4.79 Å². The molecule has 6 heteroatoms. The number of amides is 1. The molecule has 0 fully saturated rings. The van der Waals surface area contributed by atoms with Crippen LogP contribution >= 0.6 is 0 Å². The SMILES string of the molecule is COc1cc(OC)cc(C(=O)NC2CC(C)(C)Oc3cc(OC)ccc32)c1. The predicted octanol–water partition coefficient (Wildman–Crippen LogP) is 3.74. The van der Waals surface area contributed by atoms with Crippen LogP contribution in [0.1, 0.15) is 42.2 Å². The molecule has 0 bridgehead atoms. The van der Waals surface area contributed by atoms with E-state index >= 15 is 0 Å². The van der Waals surface area contributed by atoms with Gasteiger partial charge in [0.15, 0.2) is 0 Å². The number of ether oxygens (including phenoxy) is 4. The average Bonchev–Trinajstić information content (AvgIpc) is 2.65. The zero-order valence-corrected chi connectivity index (χ0v) is 16.3. The Kier molecular flexibility index (Phi) is 5.17. The summed E-state index contributed by atoms with van der Waals surface area (Å²) < 4.78 is 21.9. The summed E-state index contributed by atoms with van der Waals surface area (Å²) in [5.41, 5.74) is 0.993. The molecular formula is C21H25NO5. The second-order valence-corrected chi connectivity index (χ2v) is 7.10. The van der Waals surface area contributed by atoms with Crippen LogP contribution < -0.4 is 24.3 Å². The van der Waals surface area contributed by atoms with Crippen LogP contribution in [0.3, 0.4) is 0 Å². The fourth-order valence-electron chi connectivity index (χ4n) is 3.27. The maximum atomic E-state index is 12.9. The molecule has 1 heterocycles. The second-order valence-electron chi connectivity index (χ2n) is 7.10. The maximum absolute atomic E-state index is 12.9. The molecule has 1 aliphatic heterocycles. The van der Waals surface area contributed by atoms with Crippen LogP contribution in [0.5, 0.6) is 23.0 Å². The van der Waals surface area contributed by atoms with Crippen molar-refractivity contribution in [3.05, 3.63) is 47.5 Å². The summed E-state index contributed by atoms with van der Waals surface area (Å²) in [4.78, 5) is 12.9. The highest BCUT2D eigenvalue weighted by Gasteiger charge is 2.35. The topological polar surface area (TPSA) is 66.0 Å². The Labute approximate surface area is 159 Å². The molecule has 0 radical (unpaired) electrons. The van der Waals surface area contributed by atoms with Crippen molar-refractivity contribution in [2.24, 2.45) is 0 Å². The summed E-state index contributed by atoms with van der Waals surface area (Å²) in [5.74, 6) is 2.37. The minimum absolute atomic E-state index is 0.181. The van der Waals surface area contributed by atoms with Gasteiger partial charge in [-0.1, -0.05) is 0 Å². The van der Waals surface area contributed by atoms with Crippen molar-refractivity contribution >= 4 is 5.91 Å². The summed E-state index contributed by atoms with van der Waals surface area (Å²) >= 11 is 0. The molecule has 27 heavy (non-hydrogen) atoms. The summed E-state index contributed by atoms with van der Waals surface area (Å²) in [6, 6.07) is 10.6. The Morgan fingerprint density at radius 2 is 1.63 bits per heavy atom. The summed E-state index contributed by atoms with van der Waals surface area (Å²) in [7, 11) is 4.73. The van der Waals surface area contributed by atoms with E-state index < -0.39 is 5.60 Å². The maximum Gasteiger partial charge on any atom is 0.252 e. The molecule has 1 aliphatic rings. The third-order valence-corrected chi connectivity index (χ3v) is 4.60. The lowest BCUT2D eigenvalue weighted by Gasteiger charge is -2.38. The minimum Gasteiger partial charge on any atom is -0.497 e. The van der Waals surface area contributed by atoms with Crippen molar-refractivity contribution in [2.45, 2.75) is 31.9 Å². The van der Waals surface area contributed by atoms with Gasteiger partial charge < -0.3 is 24.3 Å². The smallest absolute Gasteiger partial charge is 0.252 e. The molecule has 1 unspecified atom stereocenters. The van der Waals surface area contributed by atoms with Gasteiger partial charge in [0.1, 0.15) is 28.6 Å². The van der Waals surface area contributed by atoms with Crippen molar-refractivity contribution in [2.75, 3.05) is 21.3 Å². The van der Waals surface area contributed by atoms with E-state index in [1.807, 2.05) is 32.0 Å². The van der Waals surface area contributed by atoms with Gasteiger partial charge in [-0.25, -0.2) is 0 Å². The molecule has 2 aromatic carbocycles. The van der Waals surface area contributed by atoms with Crippen molar-refractivity contribution in [1.29, 1.82) is 0 Å². The van der Waals surface area contributed by atoms with Crippen molar-refractivity contribution < 1.29 is 23.7 Å². The van der Waals surface area contributed by atoms with Crippen LogP contribution in [-0.4, -0.2) is 32.8 Å². The molecule has 3 rings (SSSR count). The highest BCUT2D eigenvalue weighted by molar-refractivity contribution is 5.95. The number of hydrogen-bond donors (Lipinski definition) is 1. The van der Waals surface area contributed by atoms with E-state index in [4.69, 9.17) is 18.9 Å². The van der Waals surface area contributed by atoms with E-state index in [-0.39, 0.29) is 11.9 Å². The number of carbonyl (C=O) groups excluding carboxylic acids is 1. The average molecular weight is 371 g/mol. The van der Waals surface area contributed by atoms with Gasteiger partial charge in [0.2, 0.25) is 0 Å². The zero-order valence-electron chi connectivity index (χ0n) is 16.3. The Balaban J connectivity index is 1.90. The Morgan fingerprint density at radius 1 is 1.00 bits per heavy atom.